The molecule has 0 bridgehead atoms. The minimum absolute atomic E-state index is 0.0156. The molecule has 11 heavy (non-hydrogen) atoms. The maximum atomic E-state index is 10.9. The van der Waals surface area contributed by atoms with E-state index in [2.05, 4.69) is 0 Å². The predicted octanol–water partition coefficient (Wildman–Crippen LogP) is 0.586. The maximum Gasteiger partial charge on any atom is 0.220 e. The van der Waals surface area contributed by atoms with Gasteiger partial charge in [0.1, 0.15) is 6.29 Å². The van der Waals surface area contributed by atoms with Gasteiger partial charge < -0.3 is 9.69 Å². The van der Waals surface area contributed by atoms with Crippen LogP contribution in [-0.2, 0) is 9.59 Å². The summed E-state index contributed by atoms with van der Waals surface area (Å²) in [6, 6.07) is -0.152. The molecule has 0 aromatic rings. The fraction of sp³-hybridized carbons (Fsp3) is 0.750. The molecule has 0 saturated carbocycles. The van der Waals surface area contributed by atoms with Crippen molar-refractivity contribution in [3.05, 3.63) is 0 Å². The zero-order valence-corrected chi connectivity index (χ0v) is 6.75. The second-order valence-corrected chi connectivity index (χ2v) is 2.91. The fourth-order valence-corrected chi connectivity index (χ4v) is 1.49. The number of nitrogens with zero attached hydrogens (tertiary/aromatic N) is 1. The summed E-state index contributed by atoms with van der Waals surface area (Å²) in [5, 5.41) is 0. The lowest BCUT2D eigenvalue weighted by atomic mass is 10.0. The minimum Gasteiger partial charge on any atom is -0.333 e. The van der Waals surface area contributed by atoms with E-state index in [1.54, 1.807) is 4.90 Å². The van der Waals surface area contributed by atoms with Crippen LogP contribution in [-0.4, -0.2) is 29.7 Å². The summed E-state index contributed by atoms with van der Waals surface area (Å²) >= 11 is 0. The average Bonchev–Trinajstić information content (AvgIpc) is 2.04. The van der Waals surface area contributed by atoms with Crippen LogP contribution in [0, 0.1) is 0 Å². The largest absolute Gasteiger partial charge is 0.333 e. The number of carbonyl (C=O) groups excluding carboxylic acids is 2. The normalized spacial score (nSPS) is 24.8. The van der Waals surface area contributed by atoms with Crippen molar-refractivity contribution in [2.45, 2.75) is 32.2 Å². The molecule has 62 valence electrons. The molecule has 0 aromatic heterocycles. The minimum atomic E-state index is -0.152. The number of rotatable bonds is 1. The van der Waals surface area contributed by atoms with E-state index >= 15 is 0 Å². The summed E-state index contributed by atoms with van der Waals surface area (Å²) < 4.78 is 0. The Hall–Kier alpha value is -0.860. The molecule has 1 heterocycles. The van der Waals surface area contributed by atoms with Crippen molar-refractivity contribution < 1.29 is 9.59 Å². The highest BCUT2D eigenvalue weighted by atomic mass is 16.2. The van der Waals surface area contributed by atoms with E-state index in [4.69, 9.17) is 0 Å². The van der Waals surface area contributed by atoms with Gasteiger partial charge in [0.15, 0.2) is 0 Å². The molecular formula is C8H13NO2. The molecule has 0 aromatic carbocycles. The van der Waals surface area contributed by atoms with Gasteiger partial charge >= 0.3 is 0 Å². The molecule has 0 radical (unpaired) electrons. The van der Waals surface area contributed by atoms with Gasteiger partial charge in [-0.25, -0.2) is 0 Å². The van der Waals surface area contributed by atoms with E-state index in [9.17, 15) is 9.59 Å². The SMILES string of the molecule is CC(=O)N1CCCC[C@H]1C=O. The van der Waals surface area contributed by atoms with Crippen LogP contribution in [0.1, 0.15) is 26.2 Å². The Kier molecular flexibility index (Phi) is 2.63. The summed E-state index contributed by atoms with van der Waals surface area (Å²) in [7, 11) is 0. The van der Waals surface area contributed by atoms with Crippen molar-refractivity contribution >= 4 is 12.2 Å². The van der Waals surface area contributed by atoms with E-state index in [1.165, 1.54) is 6.92 Å². The first-order valence-corrected chi connectivity index (χ1v) is 3.98. The van der Waals surface area contributed by atoms with E-state index in [-0.39, 0.29) is 11.9 Å². The van der Waals surface area contributed by atoms with E-state index in [1.807, 2.05) is 0 Å². The van der Waals surface area contributed by atoms with Gasteiger partial charge in [-0.05, 0) is 19.3 Å². The number of amides is 1. The Balaban J connectivity index is 2.58. The molecule has 1 rings (SSSR count). The Labute approximate surface area is 66.4 Å². The molecule has 1 amide bonds. The first-order valence-electron chi connectivity index (χ1n) is 3.98. The van der Waals surface area contributed by atoms with Gasteiger partial charge in [0.25, 0.3) is 0 Å². The smallest absolute Gasteiger partial charge is 0.220 e. The van der Waals surface area contributed by atoms with Crippen LogP contribution in [0.2, 0.25) is 0 Å². The highest BCUT2D eigenvalue weighted by Gasteiger charge is 2.22. The van der Waals surface area contributed by atoms with Gasteiger partial charge in [0, 0.05) is 13.5 Å². The maximum absolute atomic E-state index is 10.9. The molecule has 0 unspecified atom stereocenters. The van der Waals surface area contributed by atoms with Gasteiger partial charge in [-0.3, -0.25) is 4.79 Å². The molecule has 1 atom stereocenters. The zero-order chi connectivity index (χ0) is 8.27. The molecule has 0 spiro atoms. The highest BCUT2D eigenvalue weighted by molar-refractivity contribution is 5.77. The summed E-state index contributed by atoms with van der Waals surface area (Å²) in [6.07, 6.45) is 3.81. The third-order valence-corrected chi connectivity index (χ3v) is 2.11. The predicted molar refractivity (Wildman–Crippen MR) is 41.1 cm³/mol. The number of piperidine rings is 1. The molecule has 3 nitrogen and oxygen atoms in total. The van der Waals surface area contributed by atoms with Gasteiger partial charge in [0.05, 0.1) is 6.04 Å². The molecule has 1 saturated heterocycles. The van der Waals surface area contributed by atoms with Crippen LogP contribution in [0.25, 0.3) is 0 Å². The average molecular weight is 155 g/mol. The first kappa shape index (κ1) is 8.24. The Morgan fingerprint density at radius 3 is 2.73 bits per heavy atom. The molecule has 1 aliphatic heterocycles. The zero-order valence-electron chi connectivity index (χ0n) is 6.75. The van der Waals surface area contributed by atoms with Crippen LogP contribution in [0.5, 0.6) is 0 Å². The van der Waals surface area contributed by atoms with Crippen molar-refractivity contribution in [1.82, 2.24) is 4.90 Å². The quantitative estimate of drug-likeness (QED) is 0.519. The lowest BCUT2D eigenvalue weighted by Gasteiger charge is -2.31. The van der Waals surface area contributed by atoms with Crippen molar-refractivity contribution in [2.24, 2.45) is 0 Å². The van der Waals surface area contributed by atoms with Crippen LogP contribution in [0.15, 0.2) is 0 Å². The van der Waals surface area contributed by atoms with Gasteiger partial charge in [-0.15, -0.1) is 0 Å². The number of aldehydes is 1. The summed E-state index contributed by atoms with van der Waals surface area (Å²) in [4.78, 5) is 23.1. The second-order valence-electron chi connectivity index (χ2n) is 2.91. The molecular weight excluding hydrogens is 142 g/mol. The summed E-state index contributed by atoms with van der Waals surface area (Å²) in [5.74, 6) is 0.0156. The van der Waals surface area contributed by atoms with E-state index in [0.29, 0.717) is 0 Å². The van der Waals surface area contributed by atoms with Crippen LogP contribution in [0.4, 0.5) is 0 Å². The van der Waals surface area contributed by atoms with Crippen LogP contribution < -0.4 is 0 Å². The van der Waals surface area contributed by atoms with Crippen LogP contribution >= 0.6 is 0 Å². The molecule has 3 heteroatoms. The van der Waals surface area contributed by atoms with Gasteiger partial charge in [-0.2, -0.15) is 0 Å². The Morgan fingerprint density at radius 2 is 2.27 bits per heavy atom. The molecule has 0 aliphatic carbocycles. The lowest BCUT2D eigenvalue weighted by Crippen LogP contribution is -2.43. The topological polar surface area (TPSA) is 37.4 Å². The van der Waals surface area contributed by atoms with Gasteiger partial charge in [0.2, 0.25) is 5.91 Å². The summed E-state index contributed by atoms with van der Waals surface area (Å²) in [6.45, 7) is 2.26. The van der Waals surface area contributed by atoms with Crippen molar-refractivity contribution in [2.75, 3.05) is 6.54 Å². The number of hydrogen-bond acceptors (Lipinski definition) is 2. The fourth-order valence-electron chi connectivity index (χ4n) is 1.49. The van der Waals surface area contributed by atoms with Crippen LogP contribution in [0.3, 0.4) is 0 Å². The molecule has 0 N–H and O–H groups in total. The standard InChI is InChI=1S/C8H13NO2/c1-7(11)9-5-3-2-4-8(9)6-10/h6,8H,2-5H2,1H3/t8-/m0/s1. The number of carbonyl (C=O) groups is 2. The molecule has 1 fully saturated rings. The Morgan fingerprint density at radius 1 is 1.55 bits per heavy atom. The van der Waals surface area contributed by atoms with Crippen molar-refractivity contribution in [3.8, 4) is 0 Å². The third kappa shape index (κ3) is 1.79. The highest BCUT2D eigenvalue weighted by Crippen LogP contribution is 2.14. The van der Waals surface area contributed by atoms with E-state index in [0.717, 1.165) is 32.1 Å². The van der Waals surface area contributed by atoms with Gasteiger partial charge in [-0.1, -0.05) is 0 Å². The monoisotopic (exact) mass is 155 g/mol. The number of likely N-dealkylation sites (tertiary alicyclic amines) is 1. The van der Waals surface area contributed by atoms with E-state index < -0.39 is 0 Å². The molecule has 1 aliphatic rings. The Bertz CT molecular complexity index is 167. The number of hydrogen-bond donors (Lipinski definition) is 0. The van der Waals surface area contributed by atoms with Crippen molar-refractivity contribution in [3.63, 3.8) is 0 Å². The second kappa shape index (κ2) is 3.51. The first-order chi connectivity index (χ1) is 5.25. The van der Waals surface area contributed by atoms with Crippen molar-refractivity contribution in [1.29, 1.82) is 0 Å². The third-order valence-electron chi connectivity index (χ3n) is 2.11. The lowest BCUT2D eigenvalue weighted by molar-refractivity contribution is -0.135. The summed E-state index contributed by atoms with van der Waals surface area (Å²) in [5.41, 5.74) is 0.